The van der Waals surface area contributed by atoms with Crippen LogP contribution in [0.4, 0.5) is 11.5 Å². The van der Waals surface area contributed by atoms with Gasteiger partial charge in [-0.05, 0) is 42.2 Å². The van der Waals surface area contributed by atoms with E-state index in [9.17, 15) is 13.2 Å². The van der Waals surface area contributed by atoms with E-state index in [-0.39, 0.29) is 10.8 Å². The second kappa shape index (κ2) is 9.79. The third kappa shape index (κ3) is 5.52. The number of alkyl halides is 1. The Kier molecular flexibility index (Phi) is 7.36. The van der Waals surface area contributed by atoms with E-state index in [4.69, 9.17) is 11.6 Å². The molecule has 8 heteroatoms. The molecule has 3 rings (SSSR count). The minimum Gasteiger partial charge on any atom is -0.376 e. The monoisotopic (exact) mass is 449 g/mol. The Labute approximate surface area is 183 Å². The van der Waals surface area contributed by atoms with Crippen molar-refractivity contribution in [2.45, 2.75) is 42.9 Å². The first-order valence-electron chi connectivity index (χ1n) is 10.1. The largest absolute Gasteiger partial charge is 0.376 e. The van der Waals surface area contributed by atoms with Crippen LogP contribution in [0.1, 0.15) is 43.6 Å². The van der Waals surface area contributed by atoms with Crippen LogP contribution < -0.4 is 10.2 Å². The van der Waals surface area contributed by atoms with Crippen LogP contribution in [0.2, 0.25) is 0 Å². The Bertz CT molecular complexity index is 971. The number of nitrogens with zero attached hydrogens (tertiary/aromatic N) is 2. The second-order valence-electron chi connectivity index (χ2n) is 8.02. The topological polar surface area (TPSA) is 79.4 Å². The van der Waals surface area contributed by atoms with Crippen molar-refractivity contribution in [2.75, 3.05) is 29.5 Å². The van der Waals surface area contributed by atoms with Gasteiger partial charge < -0.3 is 10.2 Å². The highest BCUT2D eigenvalue weighted by Crippen LogP contribution is 2.35. The first kappa shape index (κ1) is 22.6. The van der Waals surface area contributed by atoms with E-state index in [1.165, 1.54) is 18.9 Å². The van der Waals surface area contributed by atoms with Crippen LogP contribution in [0.5, 0.6) is 0 Å². The molecular weight excluding hydrogens is 422 g/mol. The van der Waals surface area contributed by atoms with Crippen LogP contribution in [0.25, 0.3) is 0 Å². The van der Waals surface area contributed by atoms with Crippen molar-refractivity contribution in [3.05, 3.63) is 48.2 Å². The lowest BCUT2D eigenvalue weighted by Gasteiger charge is -2.21. The first-order chi connectivity index (χ1) is 14.3. The maximum atomic E-state index is 13.2. The number of amides is 1. The van der Waals surface area contributed by atoms with E-state index in [1.807, 2.05) is 31.1 Å². The summed E-state index contributed by atoms with van der Waals surface area (Å²) in [7, 11) is 0.289. The third-order valence-corrected chi connectivity index (χ3v) is 7.76. The summed E-state index contributed by atoms with van der Waals surface area (Å²) in [6.07, 6.45) is 6.93. The van der Waals surface area contributed by atoms with Crippen molar-refractivity contribution in [3.8, 4) is 0 Å². The normalized spacial score (nSPS) is 15.7. The summed E-state index contributed by atoms with van der Waals surface area (Å²) in [4.78, 5) is 19.6. The minimum absolute atomic E-state index is 0.146. The molecule has 1 heterocycles. The van der Waals surface area contributed by atoms with Gasteiger partial charge in [-0.3, -0.25) is 4.79 Å². The van der Waals surface area contributed by atoms with Gasteiger partial charge in [0.1, 0.15) is 11.0 Å². The maximum Gasteiger partial charge on any atom is 0.233 e. The van der Waals surface area contributed by atoms with E-state index >= 15 is 0 Å². The maximum absolute atomic E-state index is 13.2. The predicted octanol–water partition coefficient (Wildman–Crippen LogP) is 4.42. The lowest BCUT2D eigenvalue weighted by atomic mass is 9.87. The molecule has 1 aliphatic carbocycles. The van der Waals surface area contributed by atoms with Crippen molar-refractivity contribution in [2.24, 2.45) is 5.92 Å². The molecule has 0 radical (unpaired) electrons. The molecule has 1 amide bonds. The molecule has 0 aliphatic heterocycles. The Balaban J connectivity index is 1.86. The second-order valence-corrected chi connectivity index (χ2v) is 10.6. The Morgan fingerprint density at radius 1 is 1.23 bits per heavy atom. The summed E-state index contributed by atoms with van der Waals surface area (Å²) in [5, 5.41) is 2.42. The van der Waals surface area contributed by atoms with Crippen molar-refractivity contribution >= 4 is 38.9 Å². The number of pyridine rings is 1. The molecule has 1 atom stereocenters. The summed E-state index contributed by atoms with van der Waals surface area (Å²) in [5.41, 5.74) is 1.63. The molecule has 1 fully saturated rings. The standard InChI is InChI=1S/C22H28ClN3O3S/c1-26(2)18-10-11-21(24-14-18)25-22(27)20(12-16-6-3-4-7-16)17-8-5-9-19(13-17)30(28,29)15-23/h5,8-11,13-14,16,20H,3-4,6-7,12,15H2,1-2H3,(H,24,25,27). The zero-order chi connectivity index (χ0) is 21.7. The van der Waals surface area contributed by atoms with Crippen LogP contribution in [0.15, 0.2) is 47.5 Å². The van der Waals surface area contributed by atoms with E-state index in [1.54, 1.807) is 24.4 Å². The summed E-state index contributed by atoms with van der Waals surface area (Å²) >= 11 is 5.62. The van der Waals surface area contributed by atoms with Crippen LogP contribution in [-0.4, -0.2) is 38.6 Å². The number of halogens is 1. The molecule has 1 aromatic heterocycles. The predicted molar refractivity (Wildman–Crippen MR) is 121 cm³/mol. The van der Waals surface area contributed by atoms with Gasteiger partial charge in [0.25, 0.3) is 0 Å². The van der Waals surface area contributed by atoms with E-state index in [0.717, 1.165) is 18.5 Å². The van der Waals surface area contributed by atoms with Gasteiger partial charge in [0.15, 0.2) is 9.84 Å². The fourth-order valence-electron chi connectivity index (χ4n) is 3.90. The summed E-state index contributed by atoms with van der Waals surface area (Å²) < 4.78 is 24.4. The van der Waals surface area contributed by atoms with Gasteiger partial charge in [0, 0.05) is 14.1 Å². The van der Waals surface area contributed by atoms with Crippen LogP contribution >= 0.6 is 11.6 Å². The quantitative estimate of drug-likeness (QED) is 0.603. The molecule has 2 aromatic rings. The number of anilines is 2. The number of hydrogen-bond acceptors (Lipinski definition) is 5. The molecule has 1 aliphatic rings. The molecule has 0 saturated heterocycles. The Hall–Kier alpha value is -2.12. The summed E-state index contributed by atoms with van der Waals surface area (Å²) in [5.74, 6) is 0.311. The number of rotatable bonds is 8. The van der Waals surface area contributed by atoms with Crippen molar-refractivity contribution in [1.29, 1.82) is 0 Å². The zero-order valence-electron chi connectivity index (χ0n) is 17.3. The minimum atomic E-state index is -3.56. The zero-order valence-corrected chi connectivity index (χ0v) is 18.9. The van der Waals surface area contributed by atoms with E-state index in [2.05, 4.69) is 10.3 Å². The highest BCUT2D eigenvalue weighted by molar-refractivity contribution is 7.92. The number of aromatic nitrogens is 1. The Morgan fingerprint density at radius 3 is 2.57 bits per heavy atom. The molecule has 1 unspecified atom stereocenters. The highest BCUT2D eigenvalue weighted by atomic mass is 35.5. The van der Waals surface area contributed by atoms with Crippen LogP contribution in [0, 0.1) is 5.92 Å². The number of nitrogens with one attached hydrogen (secondary N) is 1. The van der Waals surface area contributed by atoms with Crippen molar-refractivity contribution in [3.63, 3.8) is 0 Å². The van der Waals surface area contributed by atoms with Crippen molar-refractivity contribution in [1.82, 2.24) is 4.98 Å². The molecule has 30 heavy (non-hydrogen) atoms. The van der Waals surface area contributed by atoms with E-state index < -0.39 is 21.0 Å². The van der Waals surface area contributed by atoms with Gasteiger partial charge in [-0.25, -0.2) is 13.4 Å². The van der Waals surface area contributed by atoms with Gasteiger partial charge >= 0.3 is 0 Å². The molecule has 1 saturated carbocycles. The fraction of sp³-hybridized carbons (Fsp3) is 0.455. The smallest absolute Gasteiger partial charge is 0.233 e. The molecular formula is C22H28ClN3O3S. The number of carbonyl (C=O) groups excluding carboxylic acids is 1. The summed E-state index contributed by atoms with van der Waals surface area (Å²) in [6.45, 7) is 0. The molecule has 1 aromatic carbocycles. The lowest BCUT2D eigenvalue weighted by molar-refractivity contribution is -0.118. The van der Waals surface area contributed by atoms with Gasteiger partial charge in [-0.2, -0.15) is 0 Å². The molecule has 1 N–H and O–H groups in total. The summed E-state index contributed by atoms with van der Waals surface area (Å²) in [6, 6.07) is 10.3. The number of hydrogen-bond donors (Lipinski definition) is 1. The molecule has 0 bridgehead atoms. The first-order valence-corrected chi connectivity index (χ1v) is 12.3. The number of benzene rings is 1. The SMILES string of the molecule is CN(C)c1ccc(NC(=O)C(CC2CCCC2)c2cccc(S(=O)(=O)CCl)c2)nc1. The van der Waals surface area contributed by atoms with Gasteiger partial charge in [-0.1, -0.05) is 37.8 Å². The number of carbonyl (C=O) groups is 1. The fourth-order valence-corrected chi connectivity index (χ4v) is 5.01. The van der Waals surface area contributed by atoms with E-state index in [0.29, 0.717) is 23.7 Å². The van der Waals surface area contributed by atoms with Gasteiger partial charge in [0.2, 0.25) is 5.91 Å². The third-order valence-electron chi connectivity index (χ3n) is 5.64. The molecule has 6 nitrogen and oxygen atoms in total. The van der Waals surface area contributed by atoms with Crippen LogP contribution in [-0.2, 0) is 14.6 Å². The highest BCUT2D eigenvalue weighted by Gasteiger charge is 2.28. The average molecular weight is 450 g/mol. The van der Waals surface area contributed by atoms with Gasteiger partial charge in [0.05, 0.1) is 22.7 Å². The molecule has 162 valence electrons. The van der Waals surface area contributed by atoms with Gasteiger partial charge in [-0.15, -0.1) is 11.6 Å². The number of sulfone groups is 1. The van der Waals surface area contributed by atoms with Crippen LogP contribution in [0.3, 0.4) is 0 Å². The van der Waals surface area contributed by atoms with Crippen molar-refractivity contribution < 1.29 is 13.2 Å². The molecule has 0 spiro atoms. The lowest BCUT2D eigenvalue weighted by Crippen LogP contribution is -2.24. The average Bonchev–Trinajstić information content (AvgIpc) is 3.25. The Morgan fingerprint density at radius 2 is 1.97 bits per heavy atom.